The SMILES string of the molecule is N#Cc1ccc(C(NS(=O)(=O)c2cc3cc(OCCN)ccc3s2)O[PH](=O)OC(NS(=O)(=O)c2cc3cc(OCCN)ccc3s2)c2ccc(C#N)nc2)cn1. The number of nitrogens with two attached hydrogens (primary N) is 2. The van der Waals surface area contributed by atoms with E-state index in [1.165, 1.54) is 36.4 Å². The van der Waals surface area contributed by atoms with Gasteiger partial charge in [0.05, 0.1) is 0 Å². The number of rotatable bonds is 18. The van der Waals surface area contributed by atoms with Crippen molar-refractivity contribution in [2.45, 2.75) is 20.9 Å². The first-order chi connectivity index (χ1) is 26.9. The van der Waals surface area contributed by atoms with Crippen LogP contribution in [0.4, 0.5) is 0 Å². The molecule has 0 radical (unpaired) electrons. The summed E-state index contributed by atoms with van der Waals surface area (Å²) in [5, 5.41) is 19.7. The number of ether oxygens (including phenoxy) is 2. The maximum atomic E-state index is 13.8. The van der Waals surface area contributed by atoms with E-state index in [0.717, 1.165) is 35.1 Å². The Morgan fingerprint density at radius 1 is 0.679 bits per heavy atom. The average Bonchev–Trinajstić information content (AvgIpc) is 3.84. The van der Waals surface area contributed by atoms with Gasteiger partial charge in [-0.15, -0.1) is 22.7 Å². The number of thiophene rings is 2. The molecule has 4 heterocycles. The molecule has 0 spiro atoms. The van der Waals surface area contributed by atoms with Gasteiger partial charge >= 0.3 is 8.25 Å². The Morgan fingerprint density at radius 3 is 1.46 bits per heavy atom. The van der Waals surface area contributed by atoms with Crippen LogP contribution in [0.3, 0.4) is 0 Å². The number of aromatic nitrogens is 2. The molecule has 56 heavy (non-hydrogen) atoms. The summed E-state index contributed by atoms with van der Waals surface area (Å²) in [6, 6.07) is 22.0. The van der Waals surface area contributed by atoms with E-state index in [9.17, 15) is 31.9 Å². The van der Waals surface area contributed by atoms with Crippen molar-refractivity contribution in [3.05, 3.63) is 108 Å². The van der Waals surface area contributed by atoms with Crippen LogP contribution in [0.25, 0.3) is 20.2 Å². The van der Waals surface area contributed by atoms with Crippen molar-refractivity contribution in [1.82, 2.24) is 19.4 Å². The molecule has 0 aliphatic carbocycles. The van der Waals surface area contributed by atoms with Crippen LogP contribution in [0.15, 0.2) is 93.6 Å². The number of nitrogens with zero attached hydrogens (tertiary/aromatic N) is 4. The molecule has 6 rings (SSSR count). The lowest BCUT2D eigenvalue weighted by atomic mass is 10.2. The second-order valence-electron chi connectivity index (χ2n) is 11.5. The first kappa shape index (κ1) is 40.8. The van der Waals surface area contributed by atoms with Crippen molar-refractivity contribution in [2.24, 2.45) is 11.5 Å². The Labute approximate surface area is 329 Å². The smallest absolute Gasteiger partial charge is 0.322 e. The van der Waals surface area contributed by atoms with Gasteiger partial charge in [0.2, 0.25) is 0 Å². The maximum Gasteiger partial charge on any atom is 0.322 e. The van der Waals surface area contributed by atoms with Crippen LogP contribution in [0.2, 0.25) is 0 Å². The average molecular weight is 855 g/mol. The molecule has 2 unspecified atom stereocenters. The van der Waals surface area contributed by atoms with E-state index >= 15 is 0 Å². The molecule has 0 amide bonds. The highest BCUT2D eigenvalue weighted by molar-refractivity contribution is 7.92. The predicted molar refractivity (Wildman–Crippen MR) is 208 cm³/mol. The zero-order valence-electron chi connectivity index (χ0n) is 28.8. The zero-order valence-corrected chi connectivity index (χ0v) is 33.1. The first-order valence-electron chi connectivity index (χ1n) is 16.3. The van der Waals surface area contributed by atoms with E-state index in [-0.39, 0.29) is 44.1 Å². The predicted octanol–water partition coefficient (Wildman–Crippen LogP) is 4.40. The molecule has 6 N–H and O–H groups in total. The van der Waals surface area contributed by atoms with Crippen LogP contribution in [0.1, 0.15) is 35.0 Å². The molecule has 0 aliphatic heterocycles. The molecule has 0 saturated heterocycles. The quantitative estimate of drug-likeness (QED) is 0.0689. The minimum absolute atomic E-state index is 0.0137. The summed E-state index contributed by atoms with van der Waals surface area (Å²) in [5.41, 5.74) is 11.2. The number of sulfonamides is 2. The minimum atomic E-state index is -4.39. The molecule has 0 fully saturated rings. The Morgan fingerprint density at radius 2 is 1.11 bits per heavy atom. The summed E-state index contributed by atoms with van der Waals surface area (Å²) < 4.78 is 97.0. The second-order valence-corrected chi connectivity index (χ2v) is 18.5. The molecule has 0 aliphatic rings. The Balaban J connectivity index is 1.28. The van der Waals surface area contributed by atoms with E-state index in [4.69, 9.17) is 30.0 Å². The summed E-state index contributed by atoms with van der Waals surface area (Å²) in [7, 11) is -12.6. The Hall–Kier alpha value is -4.87. The lowest BCUT2D eigenvalue weighted by molar-refractivity contribution is 0.119. The summed E-state index contributed by atoms with van der Waals surface area (Å²) in [4.78, 5) is 7.95. The van der Waals surface area contributed by atoms with Gasteiger partial charge < -0.3 is 20.9 Å². The van der Waals surface area contributed by atoms with Crippen molar-refractivity contribution < 1.29 is 39.9 Å². The fourth-order valence-electron chi connectivity index (χ4n) is 4.98. The first-order valence-corrected chi connectivity index (χ1v) is 22.1. The van der Waals surface area contributed by atoms with E-state index < -0.39 is 40.8 Å². The molecule has 17 nitrogen and oxygen atoms in total. The zero-order chi connectivity index (χ0) is 39.9. The lowest BCUT2D eigenvalue weighted by Gasteiger charge is -2.22. The highest BCUT2D eigenvalue weighted by atomic mass is 32.3. The normalized spacial score (nSPS) is 13.5. The third-order valence-electron chi connectivity index (χ3n) is 7.59. The fourth-order valence-corrected chi connectivity index (χ4v) is 11.0. The molecule has 2 aromatic carbocycles. The number of nitriles is 2. The van der Waals surface area contributed by atoms with Crippen molar-refractivity contribution in [3.8, 4) is 23.6 Å². The molecule has 0 bridgehead atoms. The van der Waals surface area contributed by atoms with Gasteiger partial charge in [-0.05, 0) is 71.4 Å². The molecule has 0 saturated carbocycles. The van der Waals surface area contributed by atoms with Gasteiger partial charge in [-0.3, -0.25) is 13.6 Å². The van der Waals surface area contributed by atoms with E-state index in [0.29, 0.717) is 44.8 Å². The molecule has 290 valence electrons. The monoisotopic (exact) mass is 854 g/mol. The lowest BCUT2D eigenvalue weighted by Crippen LogP contribution is -2.30. The fraction of sp³-hybridized carbons (Fsp3) is 0.176. The number of hydrogen-bond acceptors (Lipinski definition) is 17. The van der Waals surface area contributed by atoms with Crippen LogP contribution < -0.4 is 30.4 Å². The molecule has 4 aromatic heterocycles. The third kappa shape index (κ3) is 9.92. The van der Waals surface area contributed by atoms with Gasteiger partial charge in [-0.2, -0.15) is 20.0 Å². The van der Waals surface area contributed by atoms with Gasteiger partial charge in [0.15, 0.2) is 12.5 Å². The summed E-state index contributed by atoms with van der Waals surface area (Å²) in [6.07, 6.45) is -1.08. The standard InChI is InChI=1S/C34H31N8O9PS4/c35-9-11-48-27-5-7-29-23(13-27)15-31(53-29)55(44,45)41-33(21-1-3-25(17-37)39-19-21)50-52(43)51-34(22-2-4-26(18-38)40-20-22)42-56(46,47)32-16-24-14-28(49-12-10-36)6-8-30(24)54-32/h1-8,13-16,19-20,33-34,41-42,52H,9-12,35-36H2. The number of fused-ring (bicyclic) bond motifs is 2. The highest BCUT2D eigenvalue weighted by Crippen LogP contribution is 2.40. The van der Waals surface area contributed by atoms with Gasteiger partial charge in [0, 0.05) is 46.0 Å². The summed E-state index contributed by atoms with van der Waals surface area (Å²) in [5.74, 6) is 0.991. The van der Waals surface area contributed by atoms with E-state index in [2.05, 4.69) is 19.4 Å². The van der Waals surface area contributed by atoms with Crippen LogP contribution in [0.5, 0.6) is 11.5 Å². The summed E-state index contributed by atoms with van der Waals surface area (Å²) >= 11 is 1.91. The number of nitrogens with one attached hydrogen (secondary N) is 2. The largest absolute Gasteiger partial charge is 0.492 e. The van der Waals surface area contributed by atoms with Crippen LogP contribution >= 0.6 is 30.9 Å². The topological polar surface area (TPSA) is 272 Å². The number of pyridine rings is 2. The van der Waals surface area contributed by atoms with Crippen LogP contribution in [0, 0.1) is 22.7 Å². The highest BCUT2D eigenvalue weighted by Gasteiger charge is 2.30. The molecular weight excluding hydrogens is 824 g/mol. The van der Waals surface area contributed by atoms with Gasteiger partial charge in [-0.1, -0.05) is 12.1 Å². The number of hydrogen-bond donors (Lipinski definition) is 4. The van der Waals surface area contributed by atoms with Gasteiger partial charge in [0.25, 0.3) is 20.0 Å². The van der Waals surface area contributed by atoms with Crippen molar-refractivity contribution in [3.63, 3.8) is 0 Å². The van der Waals surface area contributed by atoms with Crippen molar-refractivity contribution >= 4 is 71.1 Å². The van der Waals surface area contributed by atoms with Crippen molar-refractivity contribution in [1.29, 1.82) is 10.5 Å². The van der Waals surface area contributed by atoms with Gasteiger partial charge in [-0.25, -0.2) is 26.8 Å². The molecule has 22 heteroatoms. The van der Waals surface area contributed by atoms with Crippen LogP contribution in [-0.4, -0.2) is 53.1 Å². The van der Waals surface area contributed by atoms with E-state index in [1.54, 1.807) is 36.4 Å². The molecular formula is C34H31N8O9PS4. The van der Waals surface area contributed by atoms with Crippen molar-refractivity contribution in [2.75, 3.05) is 26.3 Å². The van der Waals surface area contributed by atoms with E-state index in [1.807, 2.05) is 12.1 Å². The second kappa shape index (κ2) is 17.9. The Bertz CT molecular complexity index is 2500. The molecule has 2 atom stereocenters. The molecule has 6 aromatic rings. The van der Waals surface area contributed by atoms with Gasteiger partial charge in [0.1, 0.15) is 56.7 Å². The third-order valence-corrected chi connectivity index (χ3v) is 14.4. The Kier molecular flexibility index (Phi) is 13.1. The number of benzene rings is 2. The minimum Gasteiger partial charge on any atom is -0.492 e. The van der Waals surface area contributed by atoms with Crippen LogP contribution in [-0.2, 0) is 33.7 Å². The summed E-state index contributed by atoms with van der Waals surface area (Å²) in [6.45, 7) is 1.12. The maximum absolute atomic E-state index is 13.8.